The molecule has 13 aromatic rings. The van der Waals surface area contributed by atoms with Crippen LogP contribution in [0.2, 0.25) is 0 Å². The molecule has 0 fully saturated rings. The molecular weight excluding hydrogens is 743 g/mol. The van der Waals surface area contributed by atoms with Gasteiger partial charge in [0.2, 0.25) is 5.95 Å². The summed E-state index contributed by atoms with van der Waals surface area (Å²) in [6.07, 6.45) is 2.22. The molecule has 0 saturated carbocycles. The van der Waals surface area contributed by atoms with Crippen LogP contribution in [0.5, 0.6) is 0 Å². The Kier molecular flexibility index (Phi) is 7.24. The van der Waals surface area contributed by atoms with Crippen LogP contribution in [0.15, 0.2) is 212 Å². The average Bonchev–Trinajstić information content (AvgIpc) is 4.02. The van der Waals surface area contributed by atoms with E-state index in [1.807, 2.05) is 12.1 Å². The number of fused-ring (bicyclic) bond motifs is 11. The Bertz CT molecular complexity index is 3870. The Labute approximate surface area is 350 Å². The molecular formula is C56H35N5. The van der Waals surface area contributed by atoms with Gasteiger partial charge in [0.15, 0.2) is 0 Å². The van der Waals surface area contributed by atoms with Gasteiger partial charge in [-0.25, -0.2) is 9.97 Å². The molecule has 0 N–H and O–H groups in total. The summed E-state index contributed by atoms with van der Waals surface area (Å²) in [7, 11) is 0. The predicted molar refractivity (Wildman–Crippen MR) is 253 cm³/mol. The minimum Gasteiger partial charge on any atom is -0.316 e. The molecule has 0 saturated heterocycles. The Morgan fingerprint density at radius 1 is 0.328 bits per heavy atom. The average molecular weight is 778 g/mol. The molecule has 5 heteroatoms. The summed E-state index contributed by atoms with van der Waals surface area (Å²) in [5.74, 6) is 0.649. The minimum atomic E-state index is 0.649. The van der Waals surface area contributed by atoms with Crippen molar-refractivity contribution < 1.29 is 0 Å². The zero-order valence-electron chi connectivity index (χ0n) is 32.9. The zero-order chi connectivity index (χ0) is 40.0. The van der Waals surface area contributed by atoms with E-state index in [9.17, 15) is 0 Å². The van der Waals surface area contributed by atoms with Crippen LogP contribution in [0.4, 0.5) is 0 Å². The summed E-state index contributed by atoms with van der Waals surface area (Å²) in [6, 6.07) is 73.9. The van der Waals surface area contributed by atoms with Gasteiger partial charge in [0.1, 0.15) is 0 Å². The van der Waals surface area contributed by atoms with E-state index in [0.717, 1.165) is 60.9 Å². The monoisotopic (exact) mass is 777 g/mol. The molecule has 0 amide bonds. The largest absolute Gasteiger partial charge is 0.316 e. The number of rotatable bonds is 5. The van der Waals surface area contributed by atoms with Crippen molar-refractivity contribution in [1.29, 1.82) is 0 Å². The third kappa shape index (κ3) is 5.08. The normalized spacial score (nSPS) is 11.9. The van der Waals surface area contributed by atoms with Gasteiger partial charge < -0.3 is 9.13 Å². The number of hydrogen-bond donors (Lipinski definition) is 0. The highest BCUT2D eigenvalue weighted by atomic mass is 15.2. The maximum Gasteiger partial charge on any atom is 0.235 e. The second-order valence-corrected chi connectivity index (χ2v) is 15.8. The Hall–Kier alpha value is -8.28. The van der Waals surface area contributed by atoms with Crippen molar-refractivity contribution in [2.45, 2.75) is 0 Å². The minimum absolute atomic E-state index is 0.649. The molecule has 0 spiro atoms. The maximum atomic E-state index is 5.34. The van der Waals surface area contributed by atoms with E-state index in [2.05, 4.69) is 214 Å². The summed E-state index contributed by atoms with van der Waals surface area (Å²) in [5, 5.41) is 9.55. The summed E-state index contributed by atoms with van der Waals surface area (Å²) in [5.41, 5.74) is 13.1. The van der Waals surface area contributed by atoms with Gasteiger partial charge in [-0.3, -0.25) is 4.57 Å². The Morgan fingerprint density at radius 3 is 1.84 bits per heavy atom. The first-order chi connectivity index (χ1) is 30.3. The molecule has 13 rings (SSSR count). The van der Waals surface area contributed by atoms with Crippen molar-refractivity contribution in [2.75, 3.05) is 0 Å². The first-order valence-electron chi connectivity index (χ1n) is 20.7. The zero-order valence-corrected chi connectivity index (χ0v) is 32.9. The number of para-hydroxylation sites is 2. The molecule has 0 radical (unpaired) electrons. The van der Waals surface area contributed by atoms with Gasteiger partial charge in [0.05, 0.1) is 38.8 Å². The molecule has 5 nitrogen and oxygen atoms in total. The van der Waals surface area contributed by atoms with Crippen LogP contribution in [0, 0.1) is 0 Å². The molecule has 4 aromatic heterocycles. The van der Waals surface area contributed by atoms with E-state index in [-0.39, 0.29) is 0 Å². The van der Waals surface area contributed by atoms with E-state index >= 15 is 0 Å². The molecule has 0 aliphatic carbocycles. The lowest BCUT2D eigenvalue weighted by atomic mass is 10.0. The van der Waals surface area contributed by atoms with Crippen LogP contribution in [-0.2, 0) is 0 Å². The highest BCUT2D eigenvalue weighted by Gasteiger charge is 2.21. The number of benzene rings is 9. The summed E-state index contributed by atoms with van der Waals surface area (Å²) in [6.45, 7) is 0. The van der Waals surface area contributed by atoms with Gasteiger partial charge in [0, 0.05) is 55.5 Å². The number of hydrogen-bond acceptors (Lipinski definition) is 2. The molecule has 284 valence electrons. The van der Waals surface area contributed by atoms with Crippen molar-refractivity contribution >= 4 is 76.2 Å². The SMILES string of the molecule is c1ccc(-c2cccc(-n3c4ccc5ccccc5c4c4c5ccn(-c6ccc7c8ccccc8n(-c8nc(-c9ccccc9)c9ccccc9n8)c7c6)c5ccc43)c2)cc1. The van der Waals surface area contributed by atoms with E-state index in [1.165, 1.54) is 49.1 Å². The van der Waals surface area contributed by atoms with Crippen LogP contribution in [-0.4, -0.2) is 23.7 Å². The van der Waals surface area contributed by atoms with E-state index < -0.39 is 0 Å². The summed E-state index contributed by atoms with van der Waals surface area (Å²) >= 11 is 0. The molecule has 0 bridgehead atoms. The van der Waals surface area contributed by atoms with E-state index in [4.69, 9.17) is 9.97 Å². The van der Waals surface area contributed by atoms with Crippen LogP contribution >= 0.6 is 0 Å². The second-order valence-electron chi connectivity index (χ2n) is 15.8. The van der Waals surface area contributed by atoms with Crippen LogP contribution < -0.4 is 0 Å². The maximum absolute atomic E-state index is 5.34. The molecule has 0 atom stereocenters. The van der Waals surface area contributed by atoms with E-state index in [1.54, 1.807) is 0 Å². The number of nitrogens with zero attached hydrogens (tertiary/aromatic N) is 5. The molecule has 0 aliphatic heterocycles. The van der Waals surface area contributed by atoms with E-state index in [0.29, 0.717) is 5.95 Å². The van der Waals surface area contributed by atoms with Crippen molar-refractivity contribution in [1.82, 2.24) is 23.7 Å². The molecule has 9 aromatic carbocycles. The highest BCUT2D eigenvalue weighted by Crippen LogP contribution is 2.42. The molecule has 0 unspecified atom stereocenters. The van der Waals surface area contributed by atoms with Gasteiger partial charge >= 0.3 is 0 Å². The van der Waals surface area contributed by atoms with Crippen LogP contribution in [0.25, 0.3) is 116 Å². The fourth-order valence-electron chi connectivity index (χ4n) is 9.76. The lowest BCUT2D eigenvalue weighted by Crippen LogP contribution is -2.03. The van der Waals surface area contributed by atoms with Crippen molar-refractivity contribution in [3.8, 4) is 39.7 Å². The number of aromatic nitrogens is 5. The molecule has 0 aliphatic rings. The van der Waals surface area contributed by atoms with Crippen molar-refractivity contribution in [3.63, 3.8) is 0 Å². The Balaban J connectivity index is 1.05. The predicted octanol–water partition coefficient (Wildman–Crippen LogP) is 14.3. The third-order valence-electron chi connectivity index (χ3n) is 12.5. The summed E-state index contributed by atoms with van der Waals surface area (Å²) in [4.78, 5) is 10.6. The molecule has 61 heavy (non-hydrogen) atoms. The standard InChI is InChI=1S/C56H35N5/c1-3-14-36(15-4-1)39-19-13-20-41(34-39)60-50-29-26-37-16-7-8-21-42(37)53(50)54-46-32-33-59(48(46)30-31-51(54)60)40-27-28-44-43-22-10-12-25-49(43)61(52(44)35-40)56-57-47-24-11-9-23-45(47)55(58-56)38-17-5-2-6-18-38/h1-35H. The highest BCUT2D eigenvalue weighted by molar-refractivity contribution is 6.28. The van der Waals surface area contributed by atoms with Crippen molar-refractivity contribution in [2.24, 2.45) is 0 Å². The van der Waals surface area contributed by atoms with Crippen LogP contribution in [0.3, 0.4) is 0 Å². The topological polar surface area (TPSA) is 40.6 Å². The fraction of sp³-hybridized carbons (Fsp3) is 0. The van der Waals surface area contributed by atoms with Gasteiger partial charge in [-0.15, -0.1) is 0 Å². The second kappa shape index (κ2) is 13.1. The van der Waals surface area contributed by atoms with Crippen LogP contribution in [0.1, 0.15) is 0 Å². The smallest absolute Gasteiger partial charge is 0.235 e. The Morgan fingerprint density at radius 2 is 0.984 bits per heavy atom. The van der Waals surface area contributed by atoms with Gasteiger partial charge in [-0.05, 0) is 82.6 Å². The third-order valence-corrected chi connectivity index (χ3v) is 12.5. The first kappa shape index (κ1) is 33.7. The molecule has 4 heterocycles. The first-order valence-corrected chi connectivity index (χ1v) is 20.7. The fourth-order valence-corrected chi connectivity index (χ4v) is 9.76. The quantitative estimate of drug-likeness (QED) is 0.175. The lowest BCUT2D eigenvalue weighted by Gasteiger charge is -2.12. The van der Waals surface area contributed by atoms with Gasteiger partial charge in [-0.1, -0.05) is 146 Å². The summed E-state index contributed by atoms with van der Waals surface area (Å²) < 4.78 is 7.01. The van der Waals surface area contributed by atoms with Crippen molar-refractivity contribution in [3.05, 3.63) is 212 Å². The lowest BCUT2D eigenvalue weighted by molar-refractivity contribution is 1.01. The van der Waals surface area contributed by atoms with Gasteiger partial charge in [-0.2, -0.15) is 0 Å². The van der Waals surface area contributed by atoms with Gasteiger partial charge in [0.25, 0.3) is 0 Å².